The van der Waals surface area contributed by atoms with Gasteiger partial charge in [0.1, 0.15) is 5.75 Å². The molecular weight excluding hydrogens is 200 g/mol. The first-order valence-electron chi connectivity index (χ1n) is 6.03. The van der Waals surface area contributed by atoms with Gasteiger partial charge in [0, 0.05) is 18.5 Å². The van der Waals surface area contributed by atoms with Crippen LogP contribution in [-0.4, -0.2) is 24.2 Å². The summed E-state index contributed by atoms with van der Waals surface area (Å²) in [5.74, 6) is 0.678. The molecular formula is C13H20N2O. The van der Waals surface area contributed by atoms with Crippen LogP contribution in [0.1, 0.15) is 30.7 Å². The van der Waals surface area contributed by atoms with Crippen molar-refractivity contribution in [2.75, 3.05) is 13.1 Å². The standard InChI is InChI=1S/C13H20N2O/c14-9-12(13-3-1-2-8-15-13)10-4-6-11(16)7-5-10/h4-7,12-13,15-16H,1-3,8-9,14H2. The molecule has 16 heavy (non-hydrogen) atoms. The third kappa shape index (κ3) is 2.54. The minimum atomic E-state index is 0.316. The third-order valence-electron chi connectivity index (χ3n) is 3.41. The number of hydrogen-bond acceptors (Lipinski definition) is 3. The van der Waals surface area contributed by atoms with Crippen molar-refractivity contribution in [2.24, 2.45) is 5.73 Å². The number of benzene rings is 1. The lowest BCUT2D eigenvalue weighted by Gasteiger charge is -2.31. The average molecular weight is 220 g/mol. The largest absolute Gasteiger partial charge is 0.508 e. The quantitative estimate of drug-likeness (QED) is 0.725. The van der Waals surface area contributed by atoms with E-state index in [0.717, 1.165) is 6.54 Å². The summed E-state index contributed by atoms with van der Waals surface area (Å²) in [4.78, 5) is 0. The highest BCUT2D eigenvalue weighted by Crippen LogP contribution is 2.25. The van der Waals surface area contributed by atoms with Crippen LogP contribution in [0.15, 0.2) is 24.3 Å². The number of aromatic hydroxyl groups is 1. The molecule has 0 radical (unpaired) electrons. The number of nitrogens with one attached hydrogen (secondary N) is 1. The highest BCUT2D eigenvalue weighted by molar-refractivity contribution is 5.29. The van der Waals surface area contributed by atoms with Crippen molar-refractivity contribution in [1.29, 1.82) is 0 Å². The Balaban J connectivity index is 2.11. The molecule has 1 aromatic rings. The Bertz CT molecular complexity index is 317. The number of hydrogen-bond donors (Lipinski definition) is 3. The molecule has 2 rings (SSSR count). The van der Waals surface area contributed by atoms with Gasteiger partial charge in [-0.1, -0.05) is 18.6 Å². The Morgan fingerprint density at radius 2 is 2.06 bits per heavy atom. The molecule has 1 fully saturated rings. The summed E-state index contributed by atoms with van der Waals surface area (Å²) < 4.78 is 0. The van der Waals surface area contributed by atoms with E-state index in [1.165, 1.54) is 24.8 Å². The van der Waals surface area contributed by atoms with E-state index in [9.17, 15) is 5.11 Å². The molecule has 0 saturated carbocycles. The molecule has 3 heteroatoms. The molecule has 1 aliphatic heterocycles. The molecule has 1 aromatic carbocycles. The van der Waals surface area contributed by atoms with Gasteiger partial charge < -0.3 is 16.2 Å². The second kappa shape index (κ2) is 5.32. The Morgan fingerprint density at radius 3 is 2.62 bits per heavy atom. The van der Waals surface area contributed by atoms with Gasteiger partial charge >= 0.3 is 0 Å². The highest BCUT2D eigenvalue weighted by atomic mass is 16.3. The normalized spacial score (nSPS) is 22.9. The summed E-state index contributed by atoms with van der Waals surface area (Å²) >= 11 is 0. The van der Waals surface area contributed by atoms with Crippen LogP contribution in [0, 0.1) is 0 Å². The fourth-order valence-electron chi connectivity index (χ4n) is 2.48. The van der Waals surface area contributed by atoms with Gasteiger partial charge in [-0.25, -0.2) is 0 Å². The van der Waals surface area contributed by atoms with E-state index in [2.05, 4.69) is 5.32 Å². The minimum Gasteiger partial charge on any atom is -0.508 e. The van der Waals surface area contributed by atoms with Crippen molar-refractivity contribution in [1.82, 2.24) is 5.32 Å². The summed E-state index contributed by atoms with van der Waals surface area (Å²) in [7, 11) is 0. The van der Waals surface area contributed by atoms with E-state index in [4.69, 9.17) is 5.73 Å². The van der Waals surface area contributed by atoms with E-state index >= 15 is 0 Å². The van der Waals surface area contributed by atoms with E-state index in [0.29, 0.717) is 24.3 Å². The smallest absolute Gasteiger partial charge is 0.115 e. The maximum absolute atomic E-state index is 9.27. The lowest BCUT2D eigenvalue weighted by Crippen LogP contribution is -2.41. The Labute approximate surface area is 96.7 Å². The Kier molecular flexibility index (Phi) is 3.80. The van der Waals surface area contributed by atoms with Crippen LogP contribution in [0.2, 0.25) is 0 Å². The lowest BCUT2D eigenvalue weighted by atomic mass is 9.86. The summed E-state index contributed by atoms with van der Waals surface area (Å²) in [6.45, 7) is 1.75. The first-order valence-corrected chi connectivity index (χ1v) is 6.03. The molecule has 1 heterocycles. The van der Waals surface area contributed by atoms with Gasteiger partial charge in [-0.3, -0.25) is 0 Å². The lowest BCUT2D eigenvalue weighted by molar-refractivity contribution is 0.352. The highest BCUT2D eigenvalue weighted by Gasteiger charge is 2.23. The van der Waals surface area contributed by atoms with Gasteiger partial charge in [0.05, 0.1) is 0 Å². The molecule has 88 valence electrons. The SMILES string of the molecule is NCC(c1ccc(O)cc1)C1CCCCN1. The maximum atomic E-state index is 9.27. The van der Waals surface area contributed by atoms with E-state index in [1.807, 2.05) is 12.1 Å². The van der Waals surface area contributed by atoms with Crippen LogP contribution in [-0.2, 0) is 0 Å². The predicted octanol–water partition coefficient (Wildman–Crippen LogP) is 1.58. The molecule has 0 amide bonds. The van der Waals surface area contributed by atoms with Crippen LogP contribution in [0.4, 0.5) is 0 Å². The maximum Gasteiger partial charge on any atom is 0.115 e. The van der Waals surface area contributed by atoms with Crippen molar-refractivity contribution >= 4 is 0 Å². The zero-order valence-electron chi connectivity index (χ0n) is 9.52. The number of rotatable bonds is 3. The van der Waals surface area contributed by atoms with E-state index in [1.54, 1.807) is 12.1 Å². The van der Waals surface area contributed by atoms with Crippen LogP contribution < -0.4 is 11.1 Å². The summed E-state index contributed by atoms with van der Waals surface area (Å²) in [6.07, 6.45) is 3.75. The summed E-state index contributed by atoms with van der Waals surface area (Å²) in [5, 5.41) is 12.8. The molecule has 3 nitrogen and oxygen atoms in total. The van der Waals surface area contributed by atoms with E-state index < -0.39 is 0 Å². The molecule has 2 unspecified atom stereocenters. The summed E-state index contributed by atoms with van der Waals surface area (Å²) in [5.41, 5.74) is 7.09. The number of phenols is 1. The average Bonchev–Trinajstić information content (AvgIpc) is 2.34. The molecule has 1 aliphatic rings. The molecule has 4 N–H and O–H groups in total. The van der Waals surface area contributed by atoms with Gasteiger partial charge in [0.15, 0.2) is 0 Å². The van der Waals surface area contributed by atoms with Gasteiger partial charge in [-0.15, -0.1) is 0 Å². The zero-order chi connectivity index (χ0) is 11.4. The topological polar surface area (TPSA) is 58.3 Å². The van der Waals surface area contributed by atoms with Crippen molar-refractivity contribution in [2.45, 2.75) is 31.2 Å². The zero-order valence-corrected chi connectivity index (χ0v) is 9.52. The van der Waals surface area contributed by atoms with Crippen molar-refractivity contribution in [3.63, 3.8) is 0 Å². The first-order chi connectivity index (χ1) is 7.81. The van der Waals surface area contributed by atoms with Gasteiger partial charge in [0.2, 0.25) is 0 Å². The second-order valence-electron chi connectivity index (χ2n) is 4.49. The molecule has 0 aromatic heterocycles. The van der Waals surface area contributed by atoms with Crippen LogP contribution in [0.5, 0.6) is 5.75 Å². The minimum absolute atomic E-state index is 0.316. The summed E-state index contributed by atoms with van der Waals surface area (Å²) in [6, 6.07) is 7.91. The van der Waals surface area contributed by atoms with E-state index in [-0.39, 0.29) is 0 Å². The van der Waals surface area contributed by atoms with Crippen molar-refractivity contribution < 1.29 is 5.11 Å². The van der Waals surface area contributed by atoms with Crippen LogP contribution in [0.3, 0.4) is 0 Å². The number of phenolic OH excluding ortho intramolecular Hbond substituents is 1. The molecule has 0 spiro atoms. The Morgan fingerprint density at radius 1 is 1.31 bits per heavy atom. The van der Waals surface area contributed by atoms with Crippen LogP contribution >= 0.6 is 0 Å². The predicted molar refractivity (Wildman–Crippen MR) is 65.5 cm³/mol. The Hall–Kier alpha value is -1.06. The van der Waals surface area contributed by atoms with Crippen LogP contribution in [0.25, 0.3) is 0 Å². The monoisotopic (exact) mass is 220 g/mol. The number of piperidine rings is 1. The molecule has 2 atom stereocenters. The number of nitrogens with two attached hydrogens (primary N) is 1. The van der Waals surface area contributed by atoms with Gasteiger partial charge in [0.25, 0.3) is 0 Å². The fourth-order valence-corrected chi connectivity index (χ4v) is 2.48. The van der Waals surface area contributed by atoms with Crippen molar-refractivity contribution in [3.8, 4) is 5.75 Å². The van der Waals surface area contributed by atoms with Crippen molar-refractivity contribution in [3.05, 3.63) is 29.8 Å². The molecule has 0 bridgehead atoms. The van der Waals surface area contributed by atoms with Gasteiger partial charge in [-0.2, -0.15) is 0 Å². The van der Waals surface area contributed by atoms with Gasteiger partial charge in [-0.05, 0) is 37.1 Å². The molecule has 1 saturated heterocycles. The second-order valence-corrected chi connectivity index (χ2v) is 4.49. The molecule has 0 aliphatic carbocycles. The fraction of sp³-hybridized carbons (Fsp3) is 0.538. The third-order valence-corrected chi connectivity index (χ3v) is 3.41. The first kappa shape index (κ1) is 11.4.